The number of rotatable bonds is 3. The van der Waals surface area contributed by atoms with Crippen LogP contribution in [0, 0.1) is 0 Å². The molecule has 16 heavy (non-hydrogen) atoms. The third kappa shape index (κ3) is 2.16. The van der Waals surface area contributed by atoms with Crippen molar-refractivity contribution in [2.24, 2.45) is 0 Å². The van der Waals surface area contributed by atoms with Crippen LogP contribution in [0.5, 0.6) is 0 Å². The first-order valence-electron chi connectivity index (χ1n) is 4.79. The molecule has 0 radical (unpaired) electrons. The molecule has 2 N–H and O–H groups in total. The molecular formula is C10H11NO4S. The number of hydrogen-bond acceptors (Lipinski definition) is 4. The number of benzene rings is 1. The molecule has 1 unspecified atom stereocenters. The summed E-state index contributed by atoms with van der Waals surface area (Å²) in [5.41, 5.74) is 2.33. The van der Waals surface area contributed by atoms with Gasteiger partial charge in [-0.1, -0.05) is 12.1 Å². The maximum atomic E-state index is 10.8. The van der Waals surface area contributed by atoms with E-state index in [1.54, 1.807) is 18.2 Å². The second-order valence-electron chi connectivity index (χ2n) is 3.72. The third-order valence-electron chi connectivity index (χ3n) is 2.53. The molecule has 1 heterocycles. The molecule has 0 fully saturated rings. The summed E-state index contributed by atoms with van der Waals surface area (Å²) in [6, 6.07) is 4.57. The number of aliphatic carboxylic acids is 1. The van der Waals surface area contributed by atoms with Gasteiger partial charge in [-0.25, -0.2) is 13.2 Å². The quantitative estimate of drug-likeness (QED) is 0.659. The van der Waals surface area contributed by atoms with E-state index in [9.17, 15) is 13.2 Å². The number of fused-ring (bicyclic) bond motifs is 1. The standard InChI is InChI=1S/C10H11NO4S/c12-10(13)9-4-7-3-6(5-16(14)15)1-2-8(7)11-9/h1-3,9,11,16H,4-5H2,(H,12,13). The van der Waals surface area contributed by atoms with Gasteiger partial charge in [-0.15, -0.1) is 0 Å². The lowest BCUT2D eigenvalue weighted by atomic mass is 10.1. The summed E-state index contributed by atoms with van der Waals surface area (Å²) in [4.78, 5) is 10.8. The largest absolute Gasteiger partial charge is 0.480 e. The fourth-order valence-electron chi connectivity index (χ4n) is 1.81. The molecule has 1 aromatic carbocycles. The highest BCUT2D eigenvalue weighted by atomic mass is 32.2. The molecule has 1 atom stereocenters. The number of hydrogen-bond donors (Lipinski definition) is 3. The number of thiol groups is 1. The van der Waals surface area contributed by atoms with Crippen LogP contribution in [-0.2, 0) is 27.7 Å². The Morgan fingerprint density at radius 2 is 2.25 bits per heavy atom. The Balaban J connectivity index is 2.23. The predicted molar refractivity (Wildman–Crippen MR) is 59.2 cm³/mol. The molecule has 0 aromatic heterocycles. The summed E-state index contributed by atoms with van der Waals surface area (Å²) in [6.07, 6.45) is 0.397. The minimum Gasteiger partial charge on any atom is -0.480 e. The van der Waals surface area contributed by atoms with Crippen LogP contribution < -0.4 is 5.32 Å². The van der Waals surface area contributed by atoms with Gasteiger partial charge in [0.05, 0.1) is 5.75 Å². The van der Waals surface area contributed by atoms with Crippen molar-refractivity contribution in [1.29, 1.82) is 0 Å². The average Bonchev–Trinajstić information content (AvgIpc) is 2.59. The number of carbonyl (C=O) groups is 1. The van der Waals surface area contributed by atoms with Crippen LogP contribution in [0.2, 0.25) is 0 Å². The van der Waals surface area contributed by atoms with Crippen LogP contribution in [0.4, 0.5) is 5.69 Å². The van der Waals surface area contributed by atoms with Crippen LogP contribution in [0.15, 0.2) is 18.2 Å². The lowest BCUT2D eigenvalue weighted by Gasteiger charge is -2.03. The van der Waals surface area contributed by atoms with E-state index in [1.165, 1.54) is 0 Å². The van der Waals surface area contributed by atoms with Gasteiger partial charge >= 0.3 is 5.97 Å². The van der Waals surface area contributed by atoms with Gasteiger partial charge in [0.2, 0.25) is 0 Å². The molecule has 86 valence electrons. The molecule has 2 rings (SSSR count). The number of carboxylic acids is 1. The average molecular weight is 241 g/mol. The Bertz CT molecular complexity index is 502. The van der Waals surface area contributed by atoms with Crippen LogP contribution in [-0.4, -0.2) is 25.5 Å². The summed E-state index contributed by atoms with van der Waals surface area (Å²) < 4.78 is 21.1. The Kier molecular flexibility index (Phi) is 2.82. The maximum absolute atomic E-state index is 10.8. The zero-order valence-electron chi connectivity index (χ0n) is 8.34. The molecule has 0 amide bonds. The second-order valence-corrected chi connectivity index (χ2v) is 4.70. The van der Waals surface area contributed by atoms with E-state index < -0.39 is 22.7 Å². The zero-order chi connectivity index (χ0) is 11.7. The van der Waals surface area contributed by atoms with Crippen molar-refractivity contribution < 1.29 is 18.3 Å². The highest BCUT2D eigenvalue weighted by Gasteiger charge is 2.26. The van der Waals surface area contributed by atoms with Crippen molar-refractivity contribution in [1.82, 2.24) is 0 Å². The Hall–Kier alpha value is -1.56. The van der Waals surface area contributed by atoms with E-state index in [4.69, 9.17) is 5.11 Å². The molecule has 5 nitrogen and oxygen atoms in total. The number of carboxylic acid groups (broad SMARTS) is 1. The van der Waals surface area contributed by atoms with Crippen molar-refractivity contribution in [2.45, 2.75) is 18.2 Å². The van der Waals surface area contributed by atoms with Gasteiger partial charge in [-0.05, 0) is 17.2 Å². The highest BCUT2D eigenvalue weighted by molar-refractivity contribution is 7.71. The second kappa shape index (κ2) is 4.13. The van der Waals surface area contributed by atoms with E-state index in [0.717, 1.165) is 11.3 Å². The third-order valence-corrected chi connectivity index (χ3v) is 3.16. The summed E-state index contributed by atoms with van der Waals surface area (Å²) in [7, 11) is -2.44. The van der Waals surface area contributed by atoms with Gasteiger partial charge in [0.1, 0.15) is 16.7 Å². The SMILES string of the molecule is O=C(O)C1Cc2cc(C[SH](=O)=O)ccc2N1. The fourth-order valence-corrected chi connectivity index (χ4v) is 2.31. The number of nitrogens with one attached hydrogen (secondary N) is 1. The van der Waals surface area contributed by atoms with Gasteiger partial charge in [-0.2, -0.15) is 0 Å². The molecule has 1 aromatic rings. The maximum Gasteiger partial charge on any atom is 0.326 e. The fraction of sp³-hybridized carbons (Fsp3) is 0.300. The molecule has 0 aliphatic carbocycles. The Morgan fingerprint density at radius 3 is 2.88 bits per heavy atom. The van der Waals surface area contributed by atoms with Gasteiger partial charge in [-0.3, -0.25) is 0 Å². The Labute approximate surface area is 94.0 Å². The van der Waals surface area contributed by atoms with Crippen LogP contribution in [0.3, 0.4) is 0 Å². The van der Waals surface area contributed by atoms with E-state index in [-0.39, 0.29) is 5.75 Å². The van der Waals surface area contributed by atoms with E-state index in [2.05, 4.69) is 5.32 Å². The van der Waals surface area contributed by atoms with Gasteiger partial charge in [0, 0.05) is 12.1 Å². The van der Waals surface area contributed by atoms with Crippen LogP contribution >= 0.6 is 0 Å². The smallest absolute Gasteiger partial charge is 0.326 e. The summed E-state index contributed by atoms with van der Waals surface area (Å²) in [6.45, 7) is 0. The van der Waals surface area contributed by atoms with Crippen LogP contribution in [0.25, 0.3) is 0 Å². The molecule has 0 bridgehead atoms. The molecule has 0 saturated heterocycles. The van der Waals surface area contributed by atoms with E-state index in [1.807, 2.05) is 0 Å². The molecule has 1 aliphatic heterocycles. The predicted octanol–water partition coefficient (Wildman–Crippen LogP) is 0.219. The molecule has 0 saturated carbocycles. The molecule has 6 heteroatoms. The highest BCUT2D eigenvalue weighted by Crippen LogP contribution is 2.27. The first kappa shape index (κ1) is 10.9. The lowest BCUT2D eigenvalue weighted by molar-refractivity contribution is -0.137. The van der Waals surface area contributed by atoms with E-state index in [0.29, 0.717) is 12.0 Å². The lowest BCUT2D eigenvalue weighted by Crippen LogP contribution is -2.26. The van der Waals surface area contributed by atoms with Crippen molar-refractivity contribution in [3.63, 3.8) is 0 Å². The normalized spacial score (nSPS) is 18.2. The zero-order valence-corrected chi connectivity index (χ0v) is 9.24. The monoisotopic (exact) mass is 241 g/mol. The van der Waals surface area contributed by atoms with Crippen molar-refractivity contribution in [2.75, 3.05) is 5.32 Å². The van der Waals surface area contributed by atoms with E-state index >= 15 is 0 Å². The Morgan fingerprint density at radius 1 is 1.50 bits per heavy atom. The number of anilines is 1. The minimum absolute atomic E-state index is 0.000349. The summed E-state index contributed by atoms with van der Waals surface area (Å²) in [5, 5.41) is 11.7. The first-order chi connectivity index (χ1) is 7.56. The van der Waals surface area contributed by atoms with Crippen molar-refractivity contribution in [3.8, 4) is 0 Å². The summed E-state index contributed by atoms with van der Waals surface area (Å²) in [5.74, 6) is -0.895. The first-order valence-corrected chi connectivity index (χ1v) is 6.15. The van der Waals surface area contributed by atoms with Crippen molar-refractivity contribution in [3.05, 3.63) is 29.3 Å². The minimum atomic E-state index is -2.44. The summed E-state index contributed by atoms with van der Waals surface area (Å²) >= 11 is 0. The van der Waals surface area contributed by atoms with Gasteiger partial charge in [0.15, 0.2) is 0 Å². The van der Waals surface area contributed by atoms with Crippen molar-refractivity contribution >= 4 is 22.4 Å². The van der Waals surface area contributed by atoms with Gasteiger partial charge < -0.3 is 10.4 Å². The molecule has 1 aliphatic rings. The topological polar surface area (TPSA) is 83.5 Å². The molecule has 0 spiro atoms. The van der Waals surface area contributed by atoms with Gasteiger partial charge in [0.25, 0.3) is 0 Å². The molecular weight excluding hydrogens is 230 g/mol. The van der Waals surface area contributed by atoms with Crippen LogP contribution in [0.1, 0.15) is 11.1 Å².